The van der Waals surface area contributed by atoms with Crippen molar-refractivity contribution in [2.24, 2.45) is 0 Å². The van der Waals surface area contributed by atoms with E-state index < -0.39 is 22.0 Å². The van der Waals surface area contributed by atoms with Gasteiger partial charge in [0.1, 0.15) is 29.9 Å². The van der Waals surface area contributed by atoms with Crippen LogP contribution >= 0.6 is 0 Å². The number of methoxy groups -OCH3 is 1. The number of rotatable bonds is 11. The van der Waals surface area contributed by atoms with Gasteiger partial charge in [-0.2, -0.15) is 0 Å². The van der Waals surface area contributed by atoms with Gasteiger partial charge in [-0.1, -0.05) is 0 Å². The van der Waals surface area contributed by atoms with Crippen LogP contribution in [-0.2, 0) is 14.8 Å². The lowest BCUT2D eigenvalue weighted by atomic mass is 10.2. The number of nitrogens with zero attached hydrogens (tertiary/aromatic N) is 1. The summed E-state index contributed by atoms with van der Waals surface area (Å²) in [5.74, 6) is 1.57. The van der Waals surface area contributed by atoms with Crippen LogP contribution in [0.5, 0.6) is 17.2 Å². The predicted octanol–water partition coefficient (Wildman–Crippen LogP) is 2.44. The fourth-order valence-corrected chi connectivity index (χ4v) is 4.00. The largest absolute Gasteiger partial charge is 0.497 e. The van der Waals surface area contributed by atoms with Crippen molar-refractivity contribution in [1.82, 2.24) is 5.32 Å². The molecular formula is C21H28N2O6S. The lowest BCUT2D eigenvalue weighted by Gasteiger charge is -2.28. The van der Waals surface area contributed by atoms with Gasteiger partial charge < -0.3 is 19.5 Å². The van der Waals surface area contributed by atoms with E-state index in [2.05, 4.69) is 5.32 Å². The maximum atomic E-state index is 12.6. The third-order valence-corrected chi connectivity index (χ3v) is 5.46. The molecule has 164 valence electrons. The van der Waals surface area contributed by atoms with Crippen molar-refractivity contribution in [3.63, 3.8) is 0 Å². The molecule has 30 heavy (non-hydrogen) atoms. The van der Waals surface area contributed by atoms with Crippen molar-refractivity contribution >= 4 is 21.6 Å². The Morgan fingerprint density at radius 3 is 2.07 bits per heavy atom. The quantitative estimate of drug-likeness (QED) is 0.544. The lowest BCUT2D eigenvalue weighted by Crippen LogP contribution is -2.48. The third-order valence-electron chi connectivity index (χ3n) is 4.22. The molecule has 0 aliphatic carbocycles. The summed E-state index contributed by atoms with van der Waals surface area (Å²) in [6.45, 7) is 4.38. The van der Waals surface area contributed by atoms with Gasteiger partial charge in [0.25, 0.3) is 0 Å². The Morgan fingerprint density at radius 1 is 1.00 bits per heavy atom. The standard InChI is InChI=1S/C21H28N2O6S/c1-5-28-19-8-6-17(7-9-19)23(30(4,25)26)16(2)21(24)22-14-15-29-20-12-10-18(27-3)11-13-20/h6-13,16H,5,14-15H2,1-4H3,(H,22,24). The molecule has 0 aromatic heterocycles. The fraction of sp³-hybridized carbons (Fsp3) is 0.381. The number of amides is 1. The molecule has 1 amide bonds. The number of sulfonamides is 1. The molecule has 2 rings (SSSR count). The number of anilines is 1. The summed E-state index contributed by atoms with van der Waals surface area (Å²) in [5, 5.41) is 2.71. The van der Waals surface area contributed by atoms with E-state index in [0.717, 1.165) is 16.3 Å². The Hall–Kier alpha value is -2.94. The van der Waals surface area contributed by atoms with Crippen molar-refractivity contribution in [1.29, 1.82) is 0 Å². The summed E-state index contributed by atoms with van der Waals surface area (Å²) in [7, 11) is -2.10. The van der Waals surface area contributed by atoms with E-state index in [0.29, 0.717) is 23.8 Å². The van der Waals surface area contributed by atoms with E-state index in [-0.39, 0.29) is 13.2 Å². The van der Waals surface area contributed by atoms with Crippen LogP contribution in [0.25, 0.3) is 0 Å². The van der Waals surface area contributed by atoms with Gasteiger partial charge in [-0.15, -0.1) is 0 Å². The lowest BCUT2D eigenvalue weighted by molar-refractivity contribution is -0.121. The molecule has 0 fully saturated rings. The topological polar surface area (TPSA) is 94.2 Å². The second-order valence-electron chi connectivity index (χ2n) is 6.48. The molecule has 1 atom stereocenters. The summed E-state index contributed by atoms with van der Waals surface area (Å²) in [4.78, 5) is 12.6. The zero-order valence-corrected chi connectivity index (χ0v) is 18.4. The van der Waals surface area contributed by atoms with Crippen molar-refractivity contribution in [3.8, 4) is 17.2 Å². The minimum atomic E-state index is -3.68. The van der Waals surface area contributed by atoms with Crippen LogP contribution in [-0.4, -0.2) is 53.5 Å². The van der Waals surface area contributed by atoms with E-state index in [1.54, 1.807) is 55.6 Å². The summed E-state index contributed by atoms with van der Waals surface area (Å²) in [6, 6.07) is 12.7. The van der Waals surface area contributed by atoms with Crippen molar-refractivity contribution in [2.75, 3.05) is 37.4 Å². The van der Waals surface area contributed by atoms with Crippen LogP contribution in [0.2, 0.25) is 0 Å². The van der Waals surface area contributed by atoms with Crippen LogP contribution in [0.3, 0.4) is 0 Å². The average Bonchev–Trinajstić information content (AvgIpc) is 2.72. The van der Waals surface area contributed by atoms with Gasteiger partial charge in [0.2, 0.25) is 15.9 Å². The van der Waals surface area contributed by atoms with E-state index >= 15 is 0 Å². The first-order chi connectivity index (χ1) is 14.3. The maximum Gasteiger partial charge on any atom is 0.243 e. The molecule has 2 aromatic carbocycles. The molecule has 8 nitrogen and oxygen atoms in total. The average molecular weight is 437 g/mol. The van der Waals surface area contributed by atoms with Gasteiger partial charge in [-0.25, -0.2) is 8.42 Å². The predicted molar refractivity (Wildman–Crippen MR) is 116 cm³/mol. The SMILES string of the molecule is CCOc1ccc(N(C(C)C(=O)NCCOc2ccc(OC)cc2)S(C)(=O)=O)cc1. The molecule has 0 saturated heterocycles. The zero-order valence-electron chi connectivity index (χ0n) is 17.6. The number of hydrogen-bond donors (Lipinski definition) is 1. The Morgan fingerprint density at radius 2 is 1.53 bits per heavy atom. The highest BCUT2D eigenvalue weighted by molar-refractivity contribution is 7.92. The second kappa shape index (κ2) is 10.7. The van der Waals surface area contributed by atoms with Crippen LogP contribution in [0, 0.1) is 0 Å². The van der Waals surface area contributed by atoms with Gasteiger partial charge >= 0.3 is 0 Å². The number of ether oxygens (including phenoxy) is 3. The Bertz CT molecular complexity index is 914. The molecular weight excluding hydrogens is 408 g/mol. The van der Waals surface area contributed by atoms with Crippen LogP contribution in [0.15, 0.2) is 48.5 Å². The van der Waals surface area contributed by atoms with E-state index in [9.17, 15) is 13.2 Å². The molecule has 0 radical (unpaired) electrons. The fourth-order valence-electron chi connectivity index (χ4n) is 2.83. The number of hydrogen-bond acceptors (Lipinski definition) is 6. The normalized spacial score (nSPS) is 12.0. The summed E-state index contributed by atoms with van der Waals surface area (Å²) in [5.41, 5.74) is 0.387. The molecule has 9 heteroatoms. The van der Waals surface area contributed by atoms with Gasteiger partial charge in [-0.05, 0) is 62.4 Å². The van der Waals surface area contributed by atoms with Gasteiger partial charge in [-0.3, -0.25) is 9.10 Å². The first-order valence-corrected chi connectivity index (χ1v) is 11.4. The summed E-state index contributed by atoms with van der Waals surface area (Å²) in [6.07, 6.45) is 1.07. The molecule has 0 heterocycles. The third kappa shape index (κ3) is 6.55. The smallest absolute Gasteiger partial charge is 0.243 e. The minimum absolute atomic E-state index is 0.232. The molecule has 0 saturated carbocycles. The molecule has 0 bridgehead atoms. The van der Waals surface area contributed by atoms with Crippen molar-refractivity contribution < 1.29 is 27.4 Å². The van der Waals surface area contributed by atoms with E-state index in [1.807, 2.05) is 6.92 Å². The first-order valence-electron chi connectivity index (χ1n) is 9.53. The number of nitrogens with one attached hydrogen (secondary N) is 1. The van der Waals surface area contributed by atoms with Gasteiger partial charge in [0, 0.05) is 0 Å². The number of benzene rings is 2. The highest BCUT2D eigenvalue weighted by Crippen LogP contribution is 2.24. The van der Waals surface area contributed by atoms with E-state index in [4.69, 9.17) is 14.2 Å². The van der Waals surface area contributed by atoms with Crippen LogP contribution in [0.1, 0.15) is 13.8 Å². The van der Waals surface area contributed by atoms with Crippen LogP contribution < -0.4 is 23.8 Å². The highest BCUT2D eigenvalue weighted by Gasteiger charge is 2.28. The minimum Gasteiger partial charge on any atom is -0.497 e. The molecule has 0 aliphatic heterocycles. The monoisotopic (exact) mass is 436 g/mol. The Kier molecular flexibility index (Phi) is 8.35. The molecule has 0 spiro atoms. The molecule has 1 unspecified atom stereocenters. The first kappa shape index (κ1) is 23.3. The molecule has 1 N–H and O–H groups in total. The Balaban J connectivity index is 1.96. The van der Waals surface area contributed by atoms with Crippen molar-refractivity contribution in [3.05, 3.63) is 48.5 Å². The Labute approximate surface area is 177 Å². The molecule has 0 aliphatic rings. The highest BCUT2D eigenvalue weighted by atomic mass is 32.2. The second-order valence-corrected chi connectivity index (χ2v) is 8.34. The summed E-state index contributed by atoms with van der Waals surface area (Å²) < 4.78 is 41.8. The van der Waals surface area contributed by atoms with E-state index in [1.165, 1.54) is 6.92 Å². The number of carbonyl (C=O) groups excluding carboxylic acids is 1. The molecule has 2 aromatic rings. The van der Waals surface area contributed by atoms with Crippen molar-refractivity contribution in [2.45, 2.75) is 19.9 Å². The summed E-state index contributed by atoms with van der Waals surface area (Å²) >= 11 is 0. The van der Waals surface area contributed by atoms with Gasteiger partial charge in [0.05, 0.1) is 32.2 Å². The van der Waals surface area contributed by atoms with Gasteiger partial charge in [0.15, 0.2) is 0 Å². The maximum absolute atomic E-state index is 12.6. The number of carbonyl (C=O) groups is 1. The zero-order chi connectivity index (χ0) is 22.1. The van der Waals surface area contributed by atoms with Crippen LogP contribution in [0.4, 0.5) is 5.69 Å².